The lowest BCUT2D eigenvalue weighted by Crippen LogP contribution is -2.25. The molecule has 3 rings (SSSR count). The molecule has 0 aliphatic heterocycles. The van der Waals surface area contributed by atoms with Crippen molar-refractivity contribution in [3.8, 4) is 5.88 Å². The van der Waals surface area contributed by atoms with Gasteiger partial charge in [-0.2, -0.15) is 0 Å². The summed E-state index contributed by atoms with van der Waals surface area (Å²) in [5.41, 5.74) is 4.00. The van der Waals surface area contributed by atoms with Crippen LogP contribution in [0, 0.1) is 0 Å². The van der Waals surface area contributed by atoms with Crippen LogP contribution in [0.1, 0.15) is 35.6 Å². The van der Waals surface area contributed by atoms with Gasteiger partial charge in [-0.25, -0.2) is 4.98 Å². The third-order valence-corrected chi connectivity index (χ3v) is 4.28. The molecule has 1 aromatic carbocycles. The van der Waals surface area contributed by atoms with Crippen molar-refractivity contribution in [3.05, 3.63) is 59.3 Å². The summed E-state index contributed by atoms with van der Waals surface area (Å²) in [6.07, 6.45) is 5.37. The molecule has 1 heterocycles. The minimum atomic E-state index is 0.409. The summed E-state index contributed by atoms with van der Waals surface area (Å²) in [6.45, 7) is 1.85. The van der Waals surface area contributed by atoms with Gasteiger partial charge in [-0.3, -0.25) is 0 Å². The van der Waals surface area contributed by atoms with Crippen molar-refractivity contribution in [2.45, 2.75) is 31.8 Å². The number of ether oxygens (including phenoxy) is 2. The summed E-state index contributed by atoms with van der Waals surface area (Å²) in [4.78, 5) is 4.34. The molecule has 1 atom stereocenters. The highest BCUT2D eigenvalue weighted by atomic mass is 16.5. The van der Waals surface area contributed by atoms with Crippen LogP contribution >= 0.6 is 0 Å². The molecule has 0 bridgehead atoms. The van der Waals surface area contributed by atoms with E-state index in [9.17, 15) is 0 Å². The maximum absolute atomic E-state index is 5.71. The summed E-state index contributed by atoms with van der Waals surface area (Å²) in [5.74, 6) is 0.696. The van der Waals surface area contributed by atoms with Crippen LogP contribution < -0.4 is 10.1 Å². The molecule has 23 heavy (non-hydrogen) atoms. The number of benzene rings is 1. The van der Waals surface area contributed by atoms with Gasteiger partial charge in [0.25, 0.3) is 0 Å². The first-order valence-corrected chi connectivity index (χ1v) is 8.25. The van der Waals surface area contributed by atoms with Crippen LogP contribution in [-0.2, 0) is 17.7 Å². The first-order chi connectivity index (χ1) is 11.4. The zero-order valence-corrected chi connectivity index (χ0v) is 13.6. The van der Waals surface area contributed by atoms with Gasteiger partial charge in [0.05, 0.1) is 6.61 Å². The van der Waals surface area contributed by atoms with E-state index in [1.54, 1.807) is 13.3 Å². The summed E-state index contributed by atoms with van der Waals surface area (Å²) in [5, 5.41) is 3.67. The topological polar surface area (TPSA) is 43.4 Å². The van der Waals surface area contributed by atoms with Crippen molar-refractivity contribution in [1.82, 2.24) is 10.3 Å². The smallest absolute Gasteiger partial charge is 0.217 e. The first-order valence-electron chi connectivity index (χ1n) is 8.25. The average molecular weight is 312 g/mol. The zero-order valence-electron chi connectivity index (χ0n) is 13.6. The largest absolute Gasteiger partial charge is 0.475 e. The van der Waals surface area contributed by atoms with E-state index in [0.717, 1.165) is 12.1 Å². The molecule has 1 aliphatic rings. The molecule has 1 N–H and O–H groups in total. The van der Waals surface area contributed by atoms with E-state index in [1.165, 1.54) is 30.4 Å². The SMILES string of the molecule is COCCOc1ncccc1CN[C@@H]1CCCc2ccccc21. The van der Waals surface area contributed by atoms with Crippen LogP contribution in [0.4, 0.5) is 0 Å². The van der Waals surface area contributed by atoms with Gasteiger partial charge in [0.2, 0.25) is 5.88 Å². The van der Waals surface area contributed by atoms with E-state index in [2.05, 4.69) is 40.6 Å². The fourth-order valence-corrected chi connectivity index (χ4v) is 3.11. The lowest BCUT2D eigenvalue weighted by Gasteiger charge is -2.26. The molecule has 1 aliphatic carbocycles. The number of hydrogen-bond acceptors (Lipinski definition) is 4. The highest BCUT2D eigenvalue weighted by molar-refractivity contribution is 5.32. The van der Waals surface area contributed by atoms with Crippen LogP contribution in [0.5, 0.6) is 5.88 Å². The molecule has 122 valence electrons. The second-order valence-electron chi connectivity index (χ2n) is 5.83. The van der Waals surface area contributed by atoms with Crippen molar-refractivity contribution in [2.75, 3.05) is 20.3 Å². The van der Waals surface area contributed by atoms with Crippen molar-refractivity contribution < 1.29 is 9.47 Å². The fraction of sp³-hybridized carbons (Fsp3) is 0.421. The van der Waals surface area contributed by atoms with Gasteiger partial charge in [0.15, 0.2) is 0 Å². The lowest BCUT2D eigenvalue weighted by molar-refractivity contribution is 0.143. The molecular formula is C19H24N2O2. The predicted molar refractivity (Wildman–Crippen MR) is 90.6 cm³/mol. The molecule has 1 aromatic heterocycles. The molecule has 2 aromatic rings. The Balaban J connectivity index is 1.65. The second-order valence-corrected chi connectivity index (χ2v) is 5.83. The number of aromatic nitrogens is 1. The summed E-state index contributed by atoms with van der Waals surface area (Å²) >= 11 is 0. The second kappa shape index (κ2) is 8.09. The Morgan fingerprint density at radius 2 is 2.09 bits per heavy atom. The molecule has 4 heteroatoms. The number of nitrogens with zero attached hydrogens (tertiary/aromatic N) is 1. The minimum Gasteiger partial charge on any atom is -0.475 e. The fourth-order valence-electron chi connectivity index (χ4n) is 3.11. The van der Waals surface area contributed by atoms with Gasteiger partial charge in [0, 0.05) is 31.5 Å². The molecule has 0 amide bonds. The predicted octanol–water partition coefficient (Wildman–Crippen LogP) is 3.27. The first kappa shape index (κ1) is 16.0. The van der Waals surface area contributed by atoms with E-state index >= 15 is 0 Å². The maximum Gasteiger partial charge on any atom is 0.217 e. The lowest BCUT2D eigenvalue weighted by atomic mass is 9.87. The summed E-state index contributed by atoms with van der Waals surface area (Å²) < 4.78 is 10.7. The molecule has 0 saturated carbocycles. The van der Waals surface area contributed by atoms with E-state index in [1.807, 2.05) is 6.07 Å². The van der Waals surface area contributed by atoms with E-state index in [4.69, 9.17) is 9.47 Å². The van der Waals surface area contributed by atoms with Gasteiger partial charge in [-0.1, -0.05) is 30.3 Å². The molecule has 0 saturated heterocycles. The van der Waals surface area contributed by atoms with Crippen LogP contribution in [0.2, 0.25) is 0 Å². The minimum absolute atomic E-state index is 0.409. The standard InChI is InChI=1S/C19H24N2O2/c1-22-12-13-23-19-16(8-5-11-20-19)14-21-18-10-4-7-15-6-2-3-9-17(15)18/h2-3,5-6,8-9,11,18,21H,4,7,10,12-14H2,1H3/t18-/m1/s1. The summed E-state index contributed by atoms with van der Waals surface area (Å²) in [6, 6.07) is 13.2. The van der Waals surface area contributed by atoms with Gasteiger partial charge in [-0.15, -0.1) is 0 Å². The Labute approximate surface area is 137 Å². The monoisotopic (exact) mass is 312 g/mol. The molecule has 0 fully saturated rings. The highest BCUT2D eigenvalue weighted by Gasteiger charge is 2.19. The average Bonchev–Trinajstić information content (AvgIpc) is 2.61. The van der Waals surface area contributed by atoms with E-state index < -0.39 is 0 Å². The van der Waals surface area contributed by atoms with Crippen molar-refractivity contribution in [2.24, 2.45) is 0 Å². The molecule has 4 nitrogen and oxygen atoms in total. The number of hydrogen-bond donors (Lipinski definition) is 1. The number of aryl methyl sites for hydroxylation is 1. The van der Waals surface area contributed by atoms with Gasteiger partial charge >= 0.3 is 0 Å². The number of fused-ring (bicyclic) bond motifs is 1. The number of nitrogens with one attached hydrogen (secondary N) is 1. The number of methoxy groups -OCH3 is 1. The van der Waals surface area contributed by atoms with E-state index in [0.29, 0.717) is 25.1 Å². The van der Waals surface area contributed by atoms with Gasteiger partial charge in [-0.05, 0) is 36.5 Å². The van der Waals surface area contributed by atoms with Crippen LogP contribution in [0.3, 0.4) is 0 Å². The molecule has 0 spiro atoms. The third-order valence-electron chi connectivity index (χ3n) is 4.28. The Kier molecular flexibility index (Phi) is 5.61. The van der Waals surface area contributed by atoms with E-state index in [-0.39, 0.29) is 0 Å². The molecule has 0 radical (unpaired) electrons. The van der Waals surface area contributed by atoms with Gasteiger partial charge in [0.1, 0.15) is 6.61 Å². The van der Waals surface area contributed by atoms with Crippen LogP contribution in [0.25, 0.3) is 0 Å². The quantitative estimate of drug-likeness (QED) is 0.797. The zero-order chi connectivity index (χ0) is 15.9. The van der Waals surface area contributed by atoms with Crippen LogP contribution in [-0.4, -0.2) is 25.3 Å². The molecule has 0 unspecified atom stereocenters. The Bertz CT molecular complexity index is 630. The van der Waals surface area contributed by atoms with Crippen molar-refractivity contribution in [1.29, 1.82) is 0 Å². The van der Waals surface area contributed by atoms with Gasteiger partial charge < -0.3 is 14.8 Å². The van der Waals surface area contributed by atoms with Crippen molar-refractivity contribution >= 4 is 0 Å². The number of pyridine rings is 1. The Hall–Kier alpha value is -1.91. The molecular weight excluding hydrogens is 288 g/mol. The van der Waals surface area contributed by atoms with Crippen molar-refractivity contribution in [3.63, 3.8) is 0 Å². The number of rotatable bonds is 7. The highest BCUT2D eigenvalue weighted by Crippen LogP contribution is 2.30. The Morgan fingerprint density at radius 3 is 3.00 bits per heavy atom. The normalized spacial score (nSPS) is 16.8. The Morgan fingerprint density at radius 1 is 1.17 bits per heavy atom. The summed E-state index contributed by atoms with van der Waals surface area (Å²) in [7, 11) is 1.67. The third kappa shape index (κ3) is 4.09. The maximum atomic E-state index is 5.71. The van der Waals surface area contributed by atoms with Crippen LogP contribution in [0.15, 0.2) is 42.6 Å².